The third kappa shape index (κ3) is 5.31. The van der Waals surface area contributed by atoms with Crippen LogP contribution in [0.25, 0.3) is 5.69 Å². The molecule has 0 aliphatic carbocycles. The van der Waals surface area contributed by atoms with Crippen LogP contribution in [0.3, 0.4) is 0 Å². The number of halogens is 3. The van der Waals surface area contributed by atoms with Gasteiger partial charge in [-0.1, -0.05) is 6.07 Å². The molecule has 2 amide bonds. The van der Waals surface area contributed by atoms with Crippen LogP contribution in [0.15, 0.2) is 24.3 Å². The highest BCUT2D eigenvalue weighted by Gasteiger charge is 2.31. The van der Waals surface area contributed by atoms with E-state index in [9.17, 15) is 22.8 Å². The molecule has 1 aliphatic heterocycles. The lowest BCUT2D eigenvalue weighted by Crippen LogP contribution is -2.44. The van der Waals surface area contributed by atoms with Crippen LogP contribution >= 0.6 is 0 Å². The zero-order valence-electron chi connectivity index (χ0n) is 18.8. The fourth-order valence-electron chi connectivity index (χ4n) is 4.05. The molecule has 0 unspecified atom stereocenters. The number of alkyl halides is 3. The predicted octanol–water partition coefficient (Wildman–Crippen LogP) is 3.81. The van der Waals surface area contributed by atoms with Gasteiger partial charge in [0.2, 0.25) is 11.8 Å². The molecule has 0 spiro atoms. The van der Waals surface area contributed by atoms with Crippen LogP contribution in [-0.4, -0.2) is 45.6 Å². The SMILES string of the molecule is Cc1nn(-c2cccc(C(F)(F)F)c2)c(C)c1CC(=O)N1CCC(C(=O)NC(C)C)CC1. The molecule has 0 atom stereocenters. The van der Waals surface area contributed by atoms with Crippen molar-refractivity contribution >= 4 is 11.8 Å². The Balaban J connectivity index is 1.70. The summed E-state index contributed by atoms with van der Waals surface area (Å²) in [6, 6.07) is 5.07. The summed E-state index contributed by atoms with van der Waals surface area (Å²) in [7, 11) is 0. The second kappa shape index (κ2) is 9.34. The lowest BCUT2D eigenvalue weighted by atomic mass is 9.95. The molecule has 3 rings (SSSR count). The van der Waals surface area contributed by atoms with Crippen LogP contribution in [0.5, 0.6) is 0 Å². The van der Waals surface area contributed by atoms with E-state index in [1.807, 2.05) is 13.8 Å². The van der Waals surface area contributed by atoms with E-state index in [2.05, 4.69) is 10.4 Å². The summed E-state index contributed by atoms with van der Waals surface area (Å²) in [5.41, 5.74) is 1.52. The molecule has 1 aromatic heterocycles. The summed E-state index contributed by atoms with van der Waals surface area (Å²) >= 11 is 0. The average Bonchev–Trinajstić information content (AvgIpc) is 3.01. The monoisotopic (exact) mass is 450 g/mol. The van der Waals surface area contributed by atoms with Crippen molar-refractivity contribution < 1.29 is 22.8 Å². The Morgan fingerprint density at radius 2 is 1.84 bits per heavy atom. The molecular weight excluding hydrogens is 421 g/mol. The van der Waals surface area contributed by atoms with Crippen LogP contribution in [-0.2, 0) is 22.2 Å². The summed E-state index contributed by atoms with van der Waals surface area (Å²) < 4.78 is 40.7. The maximum atomic E-state index is 13.1. The molecule has 2 aromatic rings. The van der Waals surface area contributed by atoms with Crippen LogP contribution < -0.4 is 5.32 Å². The van der Waals surface area contributed by atoms with Crippen molar-refractivity contribution in [1.82, 2.24) is 20.0 Å². The van der Waals surface area contributed by atoms with Crippen molar-refractivity contribution in [2.45, 2.75) is 59.2 Å². The predicted molar refractivity (Wildman–Crippen MR) is 114 cm³/mol. The fraction of sp³-hybridized carbons (Fsp3) is 0.522. The average molecular weight is 451 g/mol. The molecule has 6 nitrogen and oxygen atoms in total. The number of piperidine rings is 1. The highest BCUT2D eigenvalue weighted by molar-refractivity contribution is 5.81. The molecule has 1 N–H and O–H groups in total. The summed E-state index contributed by atoms with van der Waals surface area (Å²) in [6.45, 7) is 8.36. The number of nitrogens with zero attached hydrogens (tertiary/aromatic N) is 3. The lowest BCUT2D eigenvalue weighted by Gasteiger charge is -2.31. The van der Waals surface area contributed by atoms with Gasteiger partial charge in [0, 0.05) is 36.3 Å². The van der Waals surface area contributed by atoms with Gasteiger partial charge in [0.1, 0.15) is 0 Å². The van der Waals surface area contributed by atoms with Gasteiger partial charge in [0.05, 0.1) is 23.4 Å². The number of aryl methyl sites for hydroxylation is 1. The maximum Gasteiger partial charge on any atom is 0.416 e. The summed E-state index contributed by atoms with van der Waals surface area (Å²) in [6.07, 6.45) is -3.08. The number of carbonyl (C=O) groups is 2. The van der Waals surface area contributed by atoms with Crippen LogP contribution in [0.2, 0.25) is 0 Å². The van der Waals surface area contributed by atoms with Crippen molar-refractivity contribution in [1.29, 1.82) is 0 Å². The standard InChI is InChI=1S/C23H29F3N4O2/c1-14(2)27-22(32)17-8-10-29(11-9-17)21(31)13-20-15(3)28-30(16(20)4)19-7-5-6-18(12-19)23(24,25)26/h5-7,12,14,17H,8-11,13H2,1-4H3,(H,27,32). The zero-order chi connectivity index (χ0) is 23.6. The minimum Gasteiger partial charge on any atom is -0.354 e. The highest BCUT2D eigenvalue weighted by Crippen LogP contribution is 2.31. The molecule has 1 fully saturated rings. The van der Waals surface area contributed by atoms with E-state index in [0.717, 1.165) is 12.1 Å². The molecule has 1 aromatic carbocycles. The first-order chi connectivity index (χ1) is 15.0. The lowest BCUT2D eigenvalue weighted by molar-refractivity contribution is -0.137. The summed E-state index contributed by atoms with van der Waals surface area (Å²) in [5.74, 6) is -0.128. The second-order valence-electron chi connectivity index (χ2n) is 8.60. The van der Waals surface area contributed by atoms with Gasteiger partial charge in [-0.15, -0.1) is 0 Å². The first-order valence-corrected chi connectivity index (χ1v) is 10.8. The summed E-state index contributed by atoms with van der Waals surface area (Å²) in [4.78, 5) is 26.8. The van der Waals surface area contributed by atoms with Crippen molar-refractivity contribution in [2.24, 2.45) is 5.92 Å². The fourth-order valence-corrected chi connectivity index (χ4v) is 4.05. The molecule has 0 radical (unpaired) electrons. The van der Waals surface area contributed by atoms with E-state index in [0.29, 0.717) is 48.6 Å². The molecule has 32 heavy (non-hydrogen) atoms. The van der Waals surface area contributed by atoms with Gasteiger partial charge in [-0.25, -0.2) is 4.68 Å². The third-order valence-corrected chi connectivity index (χ3v) is 5.84. The van der Waals surface area contributed by atoms with Gasteiger partial charge in [-0.2, -0.15) is 18.3 Å². The number of amides is 2. The van der Waals surface area contributed by atoms with Crippen molar-refractivity contribution in [3.63, 3.8) is 0 Å². The van der Waals surface area contributed by atoms with Crippen LogP contribution in [0.4, 0.5) is 13.2 Å². The summed E-state index contributed by atoms with van der Waals surface area (Å²) in [5, 5.41) is 7.31. The Kier molecular flexibility index (Phi) is 6.95. The number of nitrogens with one attached hydrogen (secondary N) is 1. The quantitative estimate of drug-likeness (QED) is 0.753. The number of likely N-dealkylation sites (tertiary alicyclic amines) is 1. The van der Waals surface area contributed by atoms with Gasteiger partial charge in [-0.3, -0.25) is 9.59 Å². The Bertz CT molecular complexity index is 990. The van der Waals surface area contributed by atoms with E-state index in [-0.39, 0.29) is 30.2 Å². The first-order valence-electron chi connectivity index (χ1n) is 10.8. The minimum atomic E-state index is -4.44. The van der Waals surface area contributed by atoms with Crippen LogP contribution in [0, 0.1) is 19.8 Å². The second-order valence-corrected chi connectivity index (χ2v) is 8.60. The number of aromatic nitrogens is 2. The maximum absolute atomic E-state index is 13.1. The van der Waals surface area contributed by atoms with Crippen molar-refractivity contribution in [2.75, 3.05) is 13.1 Å². The molecule has 1 aliphatic rings. The van der Waals surface area contributed by atoms with Crippen molar-refractivity contribution in [3.05, 3.63) is 46.8 Å². The number of benzene rings is 1. The largest absolute Gasteiger partial charge is 0.416 e. The number of hydrogen-bond acceptors (Lipinski definition) is 3. The molecule has 174 valence electrons. The number of carbonyl (C=O) groups excluding carboxylic acids is 2. The molecule has 0 saturated carbocycles. The van der Waals surface area contributed by atoms with Gasteiger partial charge in [0.25, 0.3) is 0 Å². The number of hydrogen-bond donors (Lipinski definition) is 1. The van der Waals surface area contributed by atoms with E-state index < -0.39 is 11.7 Å². The molecule has 9 heteroatoms. The topological polar surface area (TPSA) is 67.2 Å². The number of rotatable bonds is 5. The highest BCUT2D eigenvalue weighted by atomic mass is 19.4. The smallest absolute Gasteiger partial charge is 0.354 e. The van der Waals surface area contributed by atoms with Gasteiger partial charge in [-0.05, 0) is 58.7 Å². The Morgan fingerprint density at radius 1 is 1.19 bits per heavy atom. The molecular formula is C23H29F3N4O2. The van der Waals surface area contributed by atoms with E-state index in [4.69, 9.17) is 0 Å². The van der Waals surface area contributed by atoms with Gasteiger partial charge < -0.3 is 10.2 Å². The third-order valence-electron chi connectivity index (χ3n) is 5.84. The van der Waals surface area contributed by atoms with E-state index in [1.165, 1.54) is 10.7 Å². The van der Waals surface area contributed by atoms with Gasteiger partial charge in [0.15, 0.2) is 0 Å². The minimum absolute atomic E-state index is 0.0288. The van der Waals surface area contributed by atoms with Crippen molar-refractivity contribution in [3.8, 4) is 5.69 Å². The van der Waals surface area contributed by atoms with E-state index >= 15 is 0 Å². The first kappa shape index (κ1) is 23.8. The van der Waals surface area contributed by atoms with Crippen LogP contribution in [0.1, 0.15) is 49.2 Å². The van der Waals surface area contributed by atoms with Gasteiger partial charge >= 0.3 is 6.18 Å². The van der Waals surface area contributed by atoms with E-state index in [1.54, 1.807) is 24.8 Å². The molecule has 2 heterocycles. The zero-order valence-corrected chi connectivity index (χ0v) is 18.8. The molecule has 0 bridgehead atoms. The normalized spacial score (nSPS) is 15.3. The molecule has 1 saturated heterocycles. The Labute approximate surface area is 185 Å². The Hall–Kier alpha value is -2.84. The Morgan fingerprint density at radius 3 is 2.44 bits per heavy atom.